The molecule has 0 rings (SSSR count). The Morgan fingerprint density at radius 3 is 0.542 bits per heavy atom. The Labute approximate surface area is 494 Å². The van der Waals surface area contributed by atoms with E-state index in [-0.39, 0.29) is 25.0 Å². The highest BCUT2D eigenvalue weighted by Crippen LogP contribution is 2.02. The monoisotopic (exact) mass is 1220 g/mol. The average Bonchev–Trinajstić information content (AvgIpc) is 3.48. The van der Waals surface area contributed by atoms with E-state index < -0.39 is 12.0 Å². The molecule has 0 fully saturated rings. The number of ketones is 1. The van der Waals surface area contributed by atoms with E-state index in [4.69, 9.17) is 125 Å². The Kier molecular flexibility index (Phi) is 72.7. The van der Waals surface area contributed by atoms with Crippen LogP contribution in [0.2, 0.25) is 0 Å². The summed E-state index contributed by atoms with van der Waals surface area (Å²) in [5, 5.41) is 8.66. The van der Waals surface area contributed by atoms with Gasteiger partial charge in [-0.25, -0.2) is 0 Å². The van der Waals surface area contributed by atoms with Gasteiger partial charge in [-0.1, -0.05) is 0 Å². The first-order valence-electron chi connectivity index (χ1n) is 29.3. The van der Waals surface area contributed by atoms with E-state index in [2.05, 4.69) is 0 Å². The zero-order valence-electron chi connectivity index (χ0n) is 50.3. The van der Waals surface area contributed by atoms with Crippen LogP contribution in [0.4, 0.5) is 0 Å². The van der Waals surface area contributed by atoms with Crippen LogP contribution in [-0.4, -0.2) is 341 Å². The first-order valence-corrected chi connectivity index (χ1v) is 29.3. The summed E-state index contributed by atoms with van der Waals surface area (Å²) in [6.45, 7) is 22.7. The van der Waals surface area contributed by atoms with Crippen molar-refractivity contribution in [2.45, 2.75) is 31.7 Å². The van der Waals surface area contributed by atoms with E-state index in [1.807, 2.05) is 0 Å². The summed E-state index contributed by atoms with van der Waals surface area (Å²) < 4.78 is 131. The van der Waals surface area contributed by atoms with Crippen LogP contribution in [0, 0.1) is 0 Å². The minimum absolute atomic E-state index is 0.113. The number of methoxy groups -OCH3 is 1. The van der Waals surface area contributed by atoms with Crippen molar-refractivity contribution < 1.29 is 128 Å². The number of Topliss-reactive ketones (excluding diaryl/α,β-unsaturated/α-hetero) is 1. The Bertz CT molecular complexity index is 1240. The molecule has 0 amide bonds. The number of rotatable bonds is 77. The standard InChI is InChI=1S/C55H109NO27/c1-60-7-8-62-11-12-64-15-16-66-19-20-68-23-24-70-27-28-72-31-32-74-35-36-76-39-40-78-43-44-80-47-48-82-51-52-83-50-49-81-46-45-79-42-41-77-38-37-75-34-33-73-30-29-71-26-25-69-22-21-67-18-17-65-14-13-63-10-9-61-6-2-3-54(57)53(56)4-5-55(58)59/h53H,2-52,56H2,1H3,(H,58,59). The molecule has 0 saturated carbocycles. The lowest BCUT2D eigenvalue weighted by Crippen LogP contribution is -2.31. The van der Waals surface area contributed by atoms with Crippen molar-refractivity contribution in [2.75, 3.05) is 318 Å². The SMILES string of the molecule is COCCOCCOCCOCCOCCOCCOCCOCCOCCOCCOCCOCCOCCOCCOCCOCCOCCOCCOCCOCCOCCOCCOCCOCCCC(=O)C(N)CCC(=O)O. The van der Waals surface area contributed by atoms with Crippen molar-refractivity contribution in [3.63, 3.8) is 0 Å². The van der Waals surface area contributed by atoms with Gasteiger partial charge in [0.15, 0.2) is 0 Å². The zero-order chi connectivity index (χ0) is 59.8. The maximum Gasteiger partial charge on any atom is 0.303 e. The minimum atomic E-state index is -0.962. The highest BCUT2D eigenvalue weighted by atomic mass is 16.6. The maximum absolute atomic E-state index is 11.8. The van der Waals surface area contributed by atoms with Gasteiger partial charge in [0, 0.05) is 26.6 Å². The number of hydrogen-bond donors (Lipinski definition) is 2. The minimum Gasteiger partial charge on any atom is -0.481 e. The number of carboxylic acid groups (broad SMARTS) is 1. The van der Waals surface area contributed by atoms with Crippen LogP contribution >= 0.6 is 0 Å². The molecule has 0 heterocycles. The summed E-state index contributed by atoms with van der Waals surface area (Å²) in [6.07, 6.45) is 0.833. The van der Waals surface area contributed by atoms with Crippen molar-refractivity contribution in [1.29, 1.82) is 0 Å². The molecule has 0 radical (unpaired) electrons. The lowest BCUT2D eigenvalue weighted by Gasteiger charge is -2.10. The second-order valence-electron chi connectivity index (χ2n) is 17.2. The molecule has 3 N–H and O–H groups in total. The van der Waals surface area contributed by atoms with Crippen LogP contribution in [0.25, 0.3) is 0 Å². The molecule has 496 valence electrons. The largest absolute Gasteiger partial charge is 0.481 e. The van der Waals surface area contributed by atoms with Gasteiger partial charge in [0.2, 0.25) is 0 Å². The van der Waals surface area contributed by atoms with Gasteiger partial charge in [-0.05, 0) is 12.8 Å². The van der Waals surface area contributed by atoms with Crippen LogP contribution in [0.3, 0.4) is 0 Å². The Morgan fingerprint density at radius 2 is 0.398 bits per heavy atom. The highest BCUT2D eigenvalue weighted by molar-refractivity contribution is 5.84. The molecular weight excluding hydrogens is 1110 g/mol. The van der Waals surface area contributed by atoms with Gasteiger partial charge in [0.05, 0.1) is 310 Å². The molecule has 28 heteroatoms. The Morgan fingerprint density at radius 1 is 0.253 bits per heavy atom. The third-order valence-electron chi connectivity index (χ3n) is 10.4. The highest BCUT2D eigenvalue weighted by Gasteiger charge is 2.14. The topological polar surface area (TPSA) is 302 Å². The number of carboxylic acids is 1. The second kappa shape index (κ2) is 74.4. The third-order valence-corrected chi connectivity index (χ3v) is 10.4. The molecule has 28 nitrogen and oxygen atoms in total. The zero-order valence-corrected chi connectivity index (χ0v) is 50.3. The van der Waals surface area contributed by atoms with Crippen LogP contribution in [0.15, 0.2) is 0 Å². The molecule has 0 saturated heterocycles. The van der Waals surface area contributed by atoms with Gasteiger partial charge in [-0.2, -0.15) is 0 Å². The van der Waals surface area contributed by atoms with Crippen LogP contribution in [0.5, 0.6) is 0 Å². The predicted octanol–water partition coefficient (Wildman–Crippen LogP) is 0.556. The number of ether oxygens (including phenoxy) is 24. The summed E-state index contributed by atoms with van der Waals surface area (Å²) in [5.74, 6) is -1.11. The summed E-state index contributed by atoms with van der Waals surface area (Å²) >= 11 is 0. The fraction of sp³-hybridized carbons (Fsp3) is 0.964. The molecule has 0 aromatic carbocycles. The van der Waals surface area contributed by atoms with Crippen molar-refractivity contribution in [2.24, 2.45) is 5.73 Å². The average molecular weight is 1220 g/mol. The molecule has 0 aliphatic rings. The van der Waals surface area contributed by atoms with E-state index >= 15 is 0 Å². The lowest BCUT2D eigenvalue weighted by atomic mass is 10.0. The Balaban J connectivity index is 3.11. The van der Waals surface area contributed by atoms with E-state index in [9.17, 15) is 9.59 Å². The number of carbonyl (C=O) groups excluding carboxylic acids is 1. The van der Waals surface area contributed by atoms with Gasteiger partial charge >= 0.3 is 5.97 Å². The number of aliphatic carboxylic acids is 1. The molecule has 1 atom stereocenters. The number of hydrogen-bond acceptors (Lipinski definition) is 27. The van der Waals surface area contributed by atoms with Gasteiger partial charge in [0.1, 0.15) is 5.78 Å². The van der Waals surface area contributed by atoms with Gasteiger partial charge < -0.3 is 125 Å². The molecule has 0 aromatic heterocycles. The second-order valence-corrected chi connectivity index (χ2v) is 17.2. The summed E-state index contributed by atoms with van der Waals surface area (Å²) in [5.41, 5.74) is 5.69. The van der Waals surface area contributed by atoms with Gasteiger partial charge in [0.25, 0.3) is 0 Å². The van der Waals surface area contributed by atoms with Crippen molar-refractivity contribution in [1.82, 2.24) is 0 Å². The normalized spacial score (nSPS) is 12.1. The van der Waals surface area contributed by atoms with Crippen molar-refractivity contribution in [3.8, 4) is 0 Å². The third kappa shape index (κ3) is 74.3. The van der Waals surface area contributed by atoms with E-state index in [1.54, 1.807) is 7.11 Å². The predicted molar refractivity (Wildman–Crippen MR) is 300 cm³/mol. The van der Waals surface area contributed by atoms with Gasteiger partial charge in [-0.15, -0.1) is 0 Å². The summed E-state index contributed by atoms with van der Waals surface area (Å²) in [4.78, 5) is 22.4. The molecule has 0 bridgehead atoms. The molecule has 0 spiro atoms. The molecular formula is C55H109NO27. The van der Waals surface area contributed by atoms with E-state index in [0.717, 1.165) is 0 Å². The van der Waals surface area contributed by atoms with Crippen LogP contribution in [0.1, 0.15) is 25.7 Å². The first-order chi connectivity index (χ1) is 41.1. The molecule has 0 aromatic rings. The maximum atomic E-state index is 11.8. The molecule has 0 aliphatic heterocycles. The fourth-order valence-corrected chi connectivity index (χ4v) is 6.06. The Hall–Kier alpha value is -1.86. The first kappa shape index (κ1) is 81.1. The summed E-state index contributed by atoms with van der Waals surface area (Å²) in [7, 11) is 1.64. The molecule has 83 heavy (non-hydrogen) atoms. The summed E-state index contributed by atoms with van der Waals surface area (Å²) in [6, 6.07) is -0.739. The number of carbonyl (C=O) groups is 2. The smallest absolute Gasteiger partial charge is 0.303 e. The molecule has 0 aliphatic carbocycles. The quantitative estimate of drug-likeness (QED) is 0.0786. The number of nitrogens with two attached hydrogens (primary N) is 1. The van der Waals surface area contributed by atoms with Crippen LogP contribution in [-0.2, 0) is 123 Å². The van der Waals surface area contributed by atoms with Crippen molar-refractivity contribution in [3.05, 3.63) is 0 Å². The fourth-order valence-electron chi connectivity index (χ4n) is 6.06. The van der Waals surface area contributed by atoms with Crippen LogP contribution < -0.4 is 5.73 Å². The lowest BCUT2D eigenvalue weighted by molar-refractivity contribution is -0.137. The molecule has 1 unspecified atom stereocenters. The van der Waals surface area contributed by atoms with E-state index in [0.29, 0.717) is 317 Å². The van der Waals surface area contributed by atoms with Gasteiger partial charge in [-0.3, -0.25) is 9.59 Å². The van der Waals surface area contributed by atoms with Crippen molar-refractivity contribution >= 4 is 11.8 Å². The van der Waals surface area contributed by atoms with E-state index in [1.165, 1.54) is 0 Å².